The van der Waals surface area contributed by atoms with Gasteiger partial charge in [-0.05, 0) is 13.5 Å². The van der Waals surface area contributed by atoms with Crippen LogP contribution in [0.5, 0.6) is 0 Å². The first-order valence-corrected chi connectivity index (χ1v) is 6.35. The summed E-state index contributed by atoms with van der Waals surface area (Å²) in [4.78, 5) is 0. The number of nitrogens with one attached hydrogen (secondary N) is 1. The lowest BCUT2D eigenvalue weighted by Crippen LogP contribution is -2.20. The van der Waals surface area contributed by atoms with Crippen LogP contribution in [0.4, 0.5) is 0 Å². The summed E-state index contributed by atoms with van der Waals surface area (Å²) in [6, 6.07) is 0. The monoisotopic (exact) mass is 235 g/mol. The van der Waals surface area contributed by atoms with Gasteiger partial charge in [-0.3, -0.25) is 0 Å². The first-order valence-electron chi connectivity index (χ1n) is 6.35. The topological polar surface area (TPSA) is 39.7 Å². The molecule has 0 aromatic carbocycles. The molecule has 0 atom stereocenters. The van der Waals surface area contributed by atoms with E-state index in [0.717, 1.165) is 26.3 Å². The summed E-state index contributed by atoms with van der Waals surface area (Å²) in [5, 5.41) is 3.18. The van der Waals surface area contributed by atoms with E-state index in [1.54, 1.807) is 0 Å². The Bertz CT molecular complexity index is 90.3. The molecule has 4 heteroatoms. The predicted octanol–water partition coefficient (Wildman–Crippen LogP) is 1.69. The molecule has 0 aliphatic carbocycles. The Hall–Kier alpha value is -0.160. The third kappa shape index (κ3) is 19.4. The van der Waals surface area contributed by atoms with Crippen molar-refractivity contribution in [2.24, 2.45) is 0 Å². The van der Waals surface area contributed by atoms with Crippen molar-refractivity contribution in [2.45, 2.75) is 27.7 Å². The summed E-state index contributed by atoms with van der Waals surface area (Å²) in [5.41, 5.74) is 0. The maximum Gasteiger partial charge on any atom is 0.0701 e. The van der Waals surface area contributed by atoms with Gasteiger partial charge in [0, 0.05) is 13.2 Å². The molecule has 0 aliphatic heterocycles. The normalized spacial score (nSPS) is 9.75. The Kier molecular flexibility index (Phi) is 23.1. The van der Waals surface area contributed by atoms with Gasteiger partial charge >= 0.3 is 0 Å². The van der Waals surface area contributed by atoms with Crippen LogP contribution in [0.2, 0.25) is 0 Å². The molecule has 0 saturated carbocycles. The van der Waals surface area contributed by atoms with Crippen molar-refractivity contribution in [2.75, 3.05) is 52.7 Å². The fraction of sp³-hybridized carbons (Fsp3) is 1.00. The van der Waals surface area contributed by atoms with Crippen LogP contribution in [0.3, 0.4) is 0 Å². The minimum atomic E-state index is 0.652. The van der Waals surface area contributed by atoms with E-state index >= 15 is 0 Å². The van der Waals surface area contributed by atoms with E-state index < -0.39 is 0 Å². The second-order valence-electron chi connectivity index (χ2n) is 2.78. The minimum absolute atomic E-state index is 0.652. The third-order valence-corrected chi connectivity index (χ3v) is 1.62. The Morgan fingerprint density at radius 2 is 1.25 bits per heavy atom. The number of hydrogen-bond acceptors (Lipinski definition) is 4. The zero-order valence-electron chi connectivity index (χ0n) is 11.4. The number of hydrogen-bond donors (Lipinski definition) is 1. The van der Waals surface area contributed by atoms with Crippen molar-refractivity contribution in [1.29, 1.82) is 0 Å². The zero-order valence-corrected chi connectivity index (χ0v) is 11.4. The summed E-state index contributed by atoms with van der Waals surface area (Å²) in [5.74, 6) is 0. The lowest BCUT2D eigenvalue weighted by Gasteiger charge is -2.05. The van der Waals surface area contributed by atoms with Gasteiger partial charge in [-0.15, -0.1) is 0 Å². The fourth-order valence-corrected chi connectivity index (χ4v) is 0.905. The van der Waals surface area contributed by atoms with Crippen LogP contribution in [-0.4, -0.2) is 52.7 Å². The van der Waals surface area contributed by atoms with Crippen molar-refractivity contribution in [3.05, 3.63) is 0 Å². The standard InChI is InChI=1S/C10H23NO3.C2H6/c1-3-11-5-6-13-9-10-14-8-7-12-4-2;1-2/h11H,3-10H2,1-2H3;1-2H3. The molecule has 0 fully saturated rings. The van der Waals surface area contributed by atoms with Crippen LogP contribution >= 0.6 is 0 Å². The highest BCUT2D eigenvalue weighted by molar-refractivity contribution is 4.40. The van der Waals surface area contributed by atoms with Crippen LogP contribution in [0, 0.1) is 0 Å². The van der Waals surface area contributed by atoms with Crippen LogP contribution in [0.15, 0.2) is 0 Å². The van der Waals surface area contributed by atoms with Gasteiger partial charge in [0.05, 0.1) is 33.0 Å². The van der Waals surface area contributed by atoms with Gasteiger partial charge in [0.15, 0.2) is 0 Å². The number of rotatable bonds is 11. The zero-order chi connectivity index (χ0) is 12.5. The summed E-state index contributed by atoms with van der Waals surface area (Å²) >= 11 is 0. The van der Waals surface area contributed by atoms with E-state index in [0.29, 0.717) is 26.4 Å². The molecule has 0 radical (unpaired) electrons. The summed E-state index contributed by atoms with van der Waals surface area (Å²) in [7, 11) is 0. The van der Waals surface area contributed by atoms with E-state index in [-0.39, 0.29) is 0 Å². The molecule has 0 spiro atoms. The highest BCUT2D eigenvalue weighted by Crippen LogP contribution is 1.80. The fourth-order valence-electron chi connectivity index (χ4n) is 0.905. The van der Waals surface area contributed by atoms with Gasteiger partial charge in [0.2, 0.25) is 0 Å². The average molecular weight is 235 g/mol. The lowest BCUT2D eigenvalue weighted by atomic mass is 10.6. The molecule has 0 aromatic rings. The van der Waals surface area contributed by atoms with E-state index in [9.17, 15) is 0 Å². The third-order valence-electron chi connectivity index (χ3n) is 1.62. The maximum absolute atomic E-state index is 5.31. The van der Waals surface area contributed by atoms with Crippen molar-refractivity contribution in [3.63, 3.8) is 0 Å². The Balaban J connectivity index is 0. The van der Waals surface area contributed by atoms with Gasteiger partial charge < -0.3 is 19.5 Å². The summed E-state index contributed by atoms with van der Waals surface area (Å²) < 4.78 is 15.7. The van der Waals surface area contributed by atoms with Crippen molar-refractivity contribution < 1.29 is 14.2 Å². The Morgan fingerprint density at radius 3 is 1.75 bits per heavy atom. The molecule has 0 saturated heterocycles. The summed E-state index contributed by atoms with van der Waals surface area (Å²) in [6.45, 7) is 14.1. The van der Waals surface area contributed by atoms with Gasteiger partial charge in [0.1, 0.15) is 0 Å². The predicted molar refractivity (Wildman–Crippen MR) is 68.0 cm³/mol. The SMILES string of the molecule is CC.CCNCCOCCOCCOCC. The second kappa shape index (κ2) is 20.3. The van der Waals surface area contributed by atoms with Crippen molar-refractivity contribution in [3.8, 4) is 0 Å². The summed E-state index contributed by atoms with van der Waals surface area (Å²) in [6.07, 6.45) is 0. The molecule has 0 amide bonds. The molecule has 4 nitrogen and oxygen atoms in total. The smallest absolute Gasteiger partial charge is 0.0701 e. The molecular weight excluding hydrogens is 206 g/mol. The quantitative estimate of drug-likeness (QED) is 0.553. The van der Waals surface area contributed by atoms with E-state index in [4.69, 9.17) is 14.2 Å². The van der Waals surface area contributed by atoms with Crippen molar-refractivity contribution in [1.82, 2.24) is 5.32 Å². The van der Waals surface area contributed by atoms with Gasteiger partial charge in [-0.1, -0.05) is 20.8 Å². The van der Waals surface area contributed by atoms with Gasteiger partial charge in [-0.25, -0.2) is 0 Å². The van der Waals surface area contributed by atoms with Crippen molar-refractivity contribution >= 4 is 0 Å². The maximum atomic E-state index is 5.31. The molecule has 0 heterocycles. The van der Waals surface area contributed by atoms with Crippen LogP contribution in [0.25, 0.3) is 0 Å². The molecular formula is C12H29NO3. The largest absolute Gasteiger partial charge is 0.379 e. The molecule has 0 bridgehead atoms. The van der Waals surface area contributed by atoms with Gasteiger partial charge in [-0.2, -0.15) is 0 Å². The van der Waals surface area contributed by atoms with Gasteiger partial charge in [0.25, 0.3) is 0 Å². The molecule has 0 aliphatic rings. The lowest BCUT2D eigenvalue weighted by molar-refractivity contribution is 0.0176. The first kappa shape index (κ1) is 18.2. The molecule has 16 heavy (non-hydrogen) atoms. The molecule has 1 N–H and O–H groups in total. The highest BCUT2D eigenvalue weighted by atomic mass is 16.5. The van der Waals surface area contributed by atoms with Crippen LogP contribution in [-0.2, 0) is 14.2 Å². The molecule has 0 rings (SSSR count). The van der Waals surface area contributed by atoms with E-state index in [2.05, 4.69) is 12.2 Å². The Labute approximate surface area is 101 Å². The molecule has 0 aromatic heterocycles. The average Bonchev–Trinajstić information content (AvgIpc) is 2.34. The Morgan fingerprint density at radius 1 is 0.750 bits per heavy atom. The number of likely N-dealkylation sites (N-methyl/N-ethyl adjacent to an activating group) is 1. The van der Waals surface area contributed by atoms with Crippen LogP contribution in [0.1, 0.15) is 27.7 Å². The van der Waals surface area contributed by atoms with E-state index in [1.165, 1.54) is 0 Å². The second-order valence-corrected chi connectivity index (χ2v) is 2.78. The van der Waals surface area contributed by atoms with Crippen LogP contribution < -0.4 is 5.32 Å². The minimum Gasteiger partial charge on any atom is -0.379 e. The number of ether oxygens (including phenoxy) is 3. The molecule has 100 valence electrons. The molecule has 0 unspecified atom stereocenters. The highest BCUT2D eigenvalue weighted by Gasteiger charge is 1.89. The van der Waals surface area contributed by atoms with E-state index in [1.807, 2.05) is 20.8 Å². The first-order chi connectivity index (χ1) is 7.91.